The summed E-state index contributed by atoms with van der Waals surface area (Å²) in [7, 11) is 0. The first-order chi connectivity index (χ1) is 4.85. The second-order valence-electron chi connectivity index (χ2n) is 3.39. The summed E-state index contributed by atoms with van der Waals surface area (Å²) in [4.78, 5) is 0. The molecule has 0 bridgehead atoms. The van der Waals surface area contributed by atoms with Crippen LogP contribution < -0.4 is 5.32 Å². The van der Waals surface area contributed by atoms with Crippen molar-refractivity contribution in [3.8, 4) is 0 Å². The maximum absolute atomic E-state index is 5.57. The zero-order chi connectivity index (χ0) is 7.03. The maximum Gasteiger partial charge on any atom is 0.0679 e. The fraction of sp³-hybridized carbons (Fsp3) is 1.00. The van der Waals surface area contributed by atoms with Crippen molar-refractivity contribution in [2.75, 3.05) is 25.0 Å². The van der Waals surface area contributed by atoms with E-state index in [1.165, 1.54) is 6.42 Å². The van der Waals surface area contributed by atoms with E-state index in [1.807, 2.05) is 0 Å². The van der Waals surface area contributed by atoms with E-state index in [-0.39, 0.29) is 0 Å². The standard InChI is InChI=1S/C7H12BrNO/c8-2-6-1-7(5-10-6)3-9-4-7/h6,9H,1-5H2/t6-/m1/s1. The summed E-state index contributed by atoms with van der Waals surface area (Å²) in [5.74, 6) is 0. The van der Waals surface area contributed by atoms with Crippen molar-refractivity contribution in [2.24, 2.45) is 5.41 Å². The lowest BCUT2D eigenvalue weighted by molar-refractivity contribution is 0.0888. The van der Waals surface area contributed by atoms with E-state index in [4.69, 9.17) is 4.74 Å². The molecular weight excluding hydrogens is 194 g/mol. The summed E-state index contributed by atoms with van der Waals surface area (Å²) in [6.07, 6.45) is 1.72. The van der Waals surface area contributed by atoms with Crippen LogP contribution in [0, 0.1) is 5.41 Å². The van der Waals surface area contributed by atoms with Crippen molar-refractivity contribution >= 4 is 15.9 Å². The fourth-order valence-corrected chi connectivity index (χ4v) is 2.14. The molecule has 10 heavy (non-hydrogen) atoms. The van der Waals surface area contributed by atoms with Gasteiger partial charge in [0.1, 0.15) is 0 Å². The number of hydrogen-bond acceptors (Lipinski definition) is 2. The normalized spacial score (nSPS) is 36.3. The van der Waals surface area contributed by atoms with Crippen LogP contribution in [0.3, 0.4) is 0 Å². The molecule has 0 aromatic heterocycles. The van der Waals surface area contributed by atoms with Crippen LogP contribution in [0.5, 0.6) is 0 Å². The zero-order valence-electron chi connectivity index (χ0n) is 5.90. The number of hydrogen-bond donors (Lipinski definition) is 1. The quantitative estimate of drug-likeness (QED) is 0.639. The van der Waals surface area contributed by atoms with Crippen LogP contribution in [0.15, 0.2) is 0 Å². The molecule has 2 nitrogen and oxygen atoms in total. The molecule has 0 amide bonds. The van der Waals surface area contributed by atoms with Gasteiger partial charge in [0.05, 0.1) is 12.7 Å². The molecule has 0 aromatic carbocycles. The fourth-order valence-electron chi connectivity index (χ4n) is 1.72. The highest BCUT2D eigenvalue weighted by molar-refractivity contribution is 9.09. The molecule has 1 N–H and O–H groups in total. The van der Waals surface area contributed by atoms with Gasteiger partial charge in [-0.05, 0) is 6.42 Å². The van der Waals surface area contributed by atoms with Gasteiger partial charge in [0.25, 0.3) is 0 Å². The largest absolute Gasteiger partial charge is 0.377 e. The molecule has 2 aliphatic heterocycles. The Labute approximate surface area is 69.4 Å². The molecule has 1 atom stereocenters. The van der Waals surface area contributed by atoms with Crippen molar-refractivity contribution in [2.45, 2.75) is 12.5 Å². The summed E-state index contributed by atoms with van der Waals surface area (Å²) in [5.41, 5.74) is 0.526. The molecule has 0 aliphatic carbocycles. The monoisotopic (exact) mass is 205 g/mol. The van der Waals surface area contributed by atoms with Gasteiger partial charge in [0.2, 0.25) is 0 Å². The lowest BCUT2D eigenvalue weighted by Crippen LogP contribution is -2.53. The van der Waals surface area contributed by atoms with Crippen LogP contribution in [-0.2, 0) is 4.74 Å². The minimum Gasteiger partial charge on any atom is -0.377 e. The van der Waals surface area contributed by atoms with Crippen molar-refractivity contribution in [1.82, 2.24) is 5.32 Å². The Morgan fingerprint density at radius 1 is 1.60 bits per heavy atom. The summed E-state index contributed by atoms with van der Waals surface area (Å²) in [5, 5.41) is 4.29. The third-order valence-corrected chi connectivity index (χ3v) is 3.18. The van der Waals surface area contributed by atoms with Crippen LogP contribution in [0.4, 0.5) is 0 Å². The van der Waals surface area contributed by atoms with Gasteiger partial charge in [-0.2, -0.15) is 0 Å². The predicted octanol–water partition coefficient (Wildman–Crippen LogP) is 0.760. The minimum atomic E-state index is 0.474. The van der Waals surface area contributed by atoms with Gasteiger partial charge in [-0.3, -0.25) is 0 Å². The smallest absolute Gasteiger partial charge is 0.0679 e. The van der Waals surface area contributed by atoms with Gasteiger partial charge in [-0.15, -0.1) is 0 Å². The Balaban J connectivity index is 1.92. The first kappa shape index (κ1) is 7.07. The molecule has 0 radical (unpaired) electrons. The Bertz CT molecular complexity index is 136. The lowest BCUT2D eigenvalue weighted by Gasteiger charge is -2.37. The molecule has 2 saturated heterocycles. The first-order valence-electron chi connectivity index (χ1n) is 3.73. The van der Waals surface area contributed by atoms with Crippen LogP contribution in [0.25, 0.3) is 0 Å². The topological polar surface area (TPSA) is 21.3 Å². The Morgan fingerprint density at radius 2 is 2.40 bits per heavy atom. The molecule has 0 aromatic rings. The van der Waals surface area contributed by atoms with Crippen LogP contribution in [0.2, 0.25) is 0 Å². The van der Waals surface area contributed by atoms with Crippen molar-refractivity contribution in [3.05, 3.63) is 0 Å². The Morgan fingerprint density at radius 3 is 2.70 bits per heavy atom. The number of nitrogens with one attached hydrogen (secondary N) is 1. The summed E-state index contributed by atoms with van der Waals surface area (Å²) in [6.45, 7) is 3.29. The number of rotatable bonds is 1. The maximum atomic E-state index is 5.57. The second-order valence-corrected chi connectivity index (χ2v) is 4.04. The predicted molar refractivity (Wildman–Crippen MR) is 43.5 cm³/mol. The first-order valence-corrected chi connectivity index (χ1v) is 4.85. The van der Waals surface area contributed by atoms with Crippen molar-refractivity contribution < 1.29 is 4.74 Å². The average molecular weight is 206 g/mol. The summed E-state index contributed by atoms with van der Waals surface area (Å²) < 4.78 is 5.57. The molecule has 0 saturated carbocycles. The van der Waals surface area contributed by atoms with E-state index in [2.05, 4.69) is 21.2 Å². The van der Waals surface area contributed by atoms with Gasteiger partial charge in [0.15, 0.2) is 0 Å². The van der Waals surface area contributed by atoms with Gasteiger partial charge in [-0.25, -0.2) is 0 Å². The average Bonchev–Trinajstić information content (AvgIpc) is 2.29. The van der Waals surface area contributed by atoms with Gasteiger partial charge < -0.3 is 10.1 Å². The molecule has 58 valence electrons. The molecule has 2 fully saturated rings. The molecule has 2 heterocycles. The highest BCUT2D eigenvalue weighted by atomic mass is 79.9. The third kappa shape index (κ3) is 1.00. The zero-order valence-corrected chi connectivity index (χ0v) is 7.49. The van der Waals surface area contributed by atoms with Crippen molar-refractivity contribution in [1.29, 1.82) is 0 Å². The van der Waals surface area contributed by atoms with E-state index in [0.29, 0.717) is 11.5 Å². The minimum absolute atomic E-state index is 0.474. The summed E-state index contributed by atoms with van der Waals surface area (Å²) >= 11 is 3.44. The number of halogens is 1. The summed E-state index contributed by atoms with van der Waals surface area (Å²) in [6, 6.07) is 0. The van der Waals surface area contributed by atoms with Gasteiger partial charge in [-0.1, -0.05) is 15.9 Å². The van der Waals surface area contributed by atoms with Crippen molar-refractivity contribution in [3.63, 3.8) is 0 Å². The Hall–Kier alpha value is 0.400. The highest BCUT2D eigenvalue weighted by Gasteiger charge is 2.44. The number of alkyl halides is 1. The lowest BCUT2D eigenvalue weighted by atomic mass is 9.80. The number of ether oxygens (including phenoxy) is 1. The van der Waals surface area contributed by atoms with E-state index in [0.717, 1.165) is 25.0 Å². The van der Waals surface area contributed by atoms with Crippen LogP contribution in [-0.4, -0.2) is 31.1 Å². The van der Waals surface area contributed by atoms with Crippen LogP contribution in [0.1, 0.15) is 6.42 Å². The van der Waals surface area contributed by atoms with E-state index < -0.39 is 0 Å². The van der Waals surface area contributed by atoms with Gasteiger partial charge >= 0.3 is 0 Å². The van der Waals surface area contributed by atoms with E-state index >= 15 is 0 Å². The SMILES string of the molecule is BrC[C@H]1CC2(CNC2)CO1. The highest BCUT2D eigenvalue weighted by Crippen LogP contribution is 2.36. The Kier molecular flexibility index (Phi) is 1.74. The molecule has 0 unspecified atom stereocenters. The third-order valence-electron chi connectivity index (χ3n) is 2.46. The second kappa shape index (κ2) is 2.47. The van der Waals surface area contributed by atoms with E-state index in [9.17, 15) is 0 Å². The molecule has 2 aliphatic rings. The van der Waals surface area contributed by atoms with E-state index in [1.54, 1.807) is 0 Å². The molecular formula is C7H12BrNO. The molecule has 1 spiro atoms. The molecule has 2 rings (SSSR count). The van der Waals surface area contributed by atoms with Crippen LogP contribution >= 0.6 is 15.9 Å². The van der Waals surface area contributed by atoms with Gasteiger partial charge in [0, 0.05) is 23.8 Å². The molecule has 3 heteroatoms.